The van der Waals surface area contributed by atoms with Gasteiger partial charge in [-0.1, -0.05) is 194 Å². The first-order valence-corrected chi connectivity index (χ1v) is 18.7. The van der Waals surface area contributed by atoms with Gasteiger partial charge in [0.05, 0.1) is 31.2 Å². The van der Waals surface area contributed by atoms with Crippen molar-refractivity contribution in [2.45, 2.75) is 219 Å². The maximum Gasteiger partial charge on any atom is 0.0886 e. The standard InChI is InChI=1S/C38H80N/c1-5-7-9-11-13-15-17-19-21-23-25-27-29-31-33-35-37-39(3,4)38-36-34-32-30-28-26-24-22-20-18-16-14-12-10-8-6-2/h5-38H2,1-4H3/q+1/i3D3. The summed E-state index contributed by atoms with van der Waals surface area (Å²) in [7, 11) is 1.99. The average molecular weight is 554 g/mol. The van der Waals surface area contributed by atoms with Crippen molar-refractivity contribution in [3.8, 4) is 0 Å². The zero-order valence-electron chi connectivity index (χ0n) is 31.0. The van der Waals surface area contributed by atoms with E-state index in [4.69, 9.17) is 4.11 Å². The molecule has 0 aliphatic rings. The predicted molar refractivity (Wildman–Crippen MR) is 181 cm³/mol. The molecule has 0 rings (SSSR count). The zero-order chi connectivity index (χ0) is 31.0. The third-order valence-electron chi connectivity index (χ3n) is 9.01. The van der Waals surface area contributed by atoms with Crippen LogP contribution in [0.1, 0.15) is 223 Å². The van der Waals surface area contributed by atoms with E-state index in [-0.39, 0.29) is 4.48 Å². The third kappa shape index (κ3) is 34.1. The van der Waals surface area contributed by atoms with E-state index in [1.807, 2.05) is 7.05 Å². The topological polar surface area (TPSA) is 0 Å². The van der Waals surface area contributed by atoms with Crippen LogP contribution in [0.15, 0.2) is 0 Å². The maximum absolute atomic E-state index is 8.17. The highest BCUT2D eigenvalue weighted by Gasteiger charge is 2.13. The first-order valence-electron chi connectivity index (χ1n) is 20.2. The van der Waals surface area contributed by atoms with E-state index >= 15 is 0 Å². The van der Waals surface area contributed by atoms with Crippen LogP contribution in [0.3, 0.4) is 0 Å². The summed E-state index contributed by atoms with van der Waals surface area (Å²) in [5.74, 6) is 0. The van der Waals surface area contributed by atoms with E-state index in [0.717, 1.165) is 25.9 Å². The van der Waals surface area contributed by atoms with E-state index in [1.165, 1.54) is 193 Å². The summed E-state index contributed by atoms with van der Waals surface area (Å²) in [5.41, 5.74) is 0. The van der Waals surface area contributed by atoms with E-state index in [2.05, 4.69) is 13.8 Å². The van der Waals surface area contributed by atoms with Crippen molar-refractivity contribution in [1.82, 2.24) is 0 Å². The van der Waals surface area contributed by atoms with E-state index < -0.39 is 6.98 Å². The van der Waals surface area contributed by atoms with Gasteiger partial charge in [-0.3, -0.25) is 0 Å². The van der Waals surface area contributed by atoms with Crippen molar-refractivity contribution in [2.75, 3.05) is 27.1 Å². The maximum atomic E-state index is 8.17. The lowest BCUT2D eigenvalue weighted by molar-refractivity contribution is -0.890. The summed E-state index contributed by atoms with van der Waals surface area (Å²) < 4.78 is 24.8. The smallest absolute Gasteiger partial charge is 0.0886 e. The van der Waals surface area contributed by atoms with Crippen molar-refractivity contribution >= 4 is 0 Å². The van der Waals surface area contributed by atoms with Crippen LogP contribution in [0, 0.1) is 0 Å². The summed E-state index contributed by atoms with van der Waals surface area (Å²) in [6, 6.07) is 0. The van der Waals surface area contributed by atoms with Crippen LogP contribution in [-0.2, 0) is 0 Å². The van der Waals surface area contributed by atoms with E-state index in [0.29, 0.717) is 0 Å². The van der Waals surface area contributed by atoms with E-state index in [1.54, 1.807) is 0 Å². The molecule has 0 unspecified atom stereocenters. The molecule has 0 bridgehead atoms. The molecule has 0 spiro atoms. The molecule has 0 aromatic heterocycles. The van der Waals surface area contributed by atoms with Crippen molar-refractivity contribution in [3.63, 3.8) is 0 Å². The highest BCUT2D eigenvalue weighted by Crippen LogP contribution is 2.16. The normalized spacial score (nSPS) is 13.5. The van der Waals surface area contributed by atoms with Gasteiger partial charge in [0, 0.05) is 0 Å². The Bertz CT molecular complexity index is 483. The lowest BCUT2D eigenvalue weighted by Gasteiger charge is -2.30. The summed E-state index contributed by atoms with van der Waals surface area (Å²) in [6.07, 6.45) is 43.7. The fourth-order valence-electron chi connectivity index (χ4n) is 6.13. The number of hydrogen-bond acceptors (Lipinski definition) is 0. The van der Waals surface area contributed by atoms with Gasteiger partial charge < -0.3 is 4.48 Å². The van der Waals surface area contributed by atoms with Crippen LogP contribution < -0.4 is 0 Å². The van der Waals surface area contributed by atoms with Crippen LogP contribution >= 0.6 is 0 Å². The second-order valence-electron chi connectivity index (χ2n) is 13.4. The molecule has 0 atom stereocenters. The lowest BCUT2D eigenvalue weighted by Crippen LogP contribution is -2.41. The van der Waals surface area contributed by atoms with Crippen LogP contribution in [-0.4, -0.2) is 31.6 Å². The molecule has 0 heterocycles. The van der Waals surface area contributed by atoms with Gasteiger partial charge >= 0.3 is 0 Å². The molecule has 0 aromatic carbocycles. The van der Waals surface area contributed by atoms with Gasteiger partial charge in [0.1, 0.15) is 0 Å². The molecular weight excluding hydrogens is 470 g/mol. The van der Waals surface area contributed by atoms with Crippen LogP contribution in [0.4, 0.5) is 0 Å². The van der Waals surface area contributed by atoms with Crippen LogP contribution in [0.25, 0.3) is 0 Å². The molecule has 0 aliphatic carbocycles. The van der Waals surface area contributed by atoms with E-state index in [9.17, 15) is 0 Å². The van der Waals surface area contributed by atoms with Crippen molar-refractivity contribution in [2.24, 2.45) is 0 Å². The number of hydrogen-bond donors (Lipinski definition) is 0. The Kier molecular flexibility index (Phi) is 27.9. The summed E-state index contributed by atoms with van der Waals surface area (Å²) >= 11 is 0. The quantitative estimate of drug-likeness (QED) is 0.0549. The predicted octanol–water partition coefficient (Wildman–Crippen LogP) is 13.6. The monoisotopic (exact) mass is 554 g/mol. The highest BCUT2D eigenvalue weighted by molar-refractivity contribution is 4.52. The number of rotatable bonds is 34. The van der Waals surface area contributed by atoms with Gasteiger partial charge in [-0.2, -0.15) is 0 Å². The molecule has 0 aromatic rings. The fourth-order valence-corrected chi connectivity index (χ4v) is 6.13. The summed E-state index contributed by atoms with van der Waals surface area (Å²) in [6.45, 7) is 4.32. The molecule has 1 nitrogen and oxygen atoms in total. The molecule has 0 radical (unpaired) electrons. The first-order chi connectivity index (χ1) is 20.4. The first kappa shape index (κ1) is 33.5. The molecule has 0 amide bonds. The summed E-state index contributed by atoms with van der Waals surface area (Å²) in [5, 5.41) is 0. The molecule has 1 heteroatoms. The van der Waals surface area contributed by atoms with Gasteiger partial charge in [0.25, 0.3) is 0 Å². The molecule has 0 N–H and O–H groups in total. The Morgan fingerprint density at radius 3 is 0.667 bits per heavy atom. The minimum Gasteiger partial charge on any atom is -0.328 e. The Morgan fingerprint density at radius 2 is 0.487 bits per heavy atom. The van der Waals surface area contributed by atoms with Crippen molar-refractivity contribution in [1.29, 1.82) is 0 Å². The fraction of sp³-hybridized carbons (Fsp3) is 1.00. The van der Waals surface area contributed by atoms with Gasteiger partial charge in [0.15, 0.2) is 0 Å². The molecule has 0 aliphatic heterocycles. The van der Waals surface area contributed by atoms with Crippen LogP contribution in [0.5, 0.6) is 0 Å². The molecule has 0 saturated carbocycles. The highest BCUT2D eigenvalue weighted by atomic mass is 15.3. The largest absolute Gasteiger partial charge is 0.328 e. The van der Waals surface area contributed by atoms with Gasteiger partial charge in [-0.25, -0.2) is 0 Å². The van der Waals surface area contributed by atoms with Gasteiger partial charge in [-0.05, 0) is 25.7 Å². The third-order valence-corrected chi connectivity index (χ3v) is 9.01. The zero-order valence-corrected chi connectivity index (χ0v) is 28.0. The lowest BCUT2D eigenvalue weighted by atomic mass is 10.0. The minimum atomic E-state index is -1.88. The van der Waals surface area contributed by atoms with Gasteiger partial charge in [0.2, 0.25) is 0 Å². The Labute approximate surface area is 254 Å². The SMILES string of the molecule is [2H]C([2H])([2H])[N+](C)(CCCCCCCCCCCCCCCCCC)CCCCCCCCCCCCCCCCCC. The molecule has 39 heavy (non-hydrogen) atoms. The summed E-state index contributed by atoms with van der Waals surface area (Å²) in [4.78, 5) is 0. The van der Waals surface area contributed by atoms with Crippen molar-refractivity contribution < 1.29 is 8.60 Å². The molecular formula is C38H80N+. The average Bonchev–Trinajstić information content (AvgIpc) is 2.96. The Hall–Kier alpha value is -0.0400. The Morgan fingerprint density at radius 1 is 0.308 bits per heavy atom. The Balaban J connectivity index is 3.63. The second-order valence-corrected chi connectivity index (χ2v) is 13.4. The minimum absolute atomic E-state index is 0.268. The second kappa shape index (κ2) is 32.5. The number of unbranched alkanes of at least 4 members (excludes halogenated alkanes) is 30. The molecule has 236 valence electrons. The number of quaternary nitrogens is 1. The molecule has 0 fully saturated rings. The van der Waals surface area contributed by atoms with Gasteiger partial charge in [-0.15, -0.1) is 0 Å². The molecule has 0 saturated heterocycles. The number of nitrogens with zero attached hydrogens (tertiary/aromatic N) is 1. The van der Waals surface area contributed by atoms with Crippen molar-refractivity contribution in [3.05, 3.63) is 0 Å². The van der Waals surface area contributed by atoms with Crippen LogP contribution in [0.2, 0.25) is 0 Å².